The van der Waals surface area contributed by atoms with Crippen molar-refractivity contribution in [2.45, 2.75) is 12.5 Å². The summed E-state index contributed by atoms with van der Waals surface area (Å²) in [6.07, 6.45) is 2.59. The zero-order valence-electron chi connectivity index (χ0n) is 16.5. The van der Waals surface area contributed by atoms with E-state index in [1.54, 1.807) is 36.0 Å². The van der Waals surface area contributed by atoms with E-state index in [1.807, 2.05) is 29.4 Å². The van der Waals surface area contributed by atoms with Crippen LogP contribution in [0, 0.1) is 0 Å². The molecule has 1 unspecified atom stereocenters. The minimum Gasteiger partial charge on any atom is -0.368 e. The molecule has 154 valence electrons. The van der Waals surface area contributed by atoms with Gasteiger partial charge < -0.3 is 15.1 Å². The van der Waals surface area contributed by atoms with Gasteiger partial charge >= 0.3 is 0 Å². The van der Waals surface area contributed by atoms with E-state index in [-0.39, 0.29) is 11.8 Å². The molecule has 29 heavy (non-hydrogen) atoms. The van der Waals surface area contributed by atoms with Gasteiger partial charge in [-0.15, -0.1) is 0 Å². The SMILES string of the molecule is CSCCC(NC(=O)c1ccccc1Cl)C(=O)N1CCN(c2ccccc2)CC1. The van der Waals surface area contributed by atoms with E-state index >= 15 is 0 Å². The number of nitrogens with zero attached hydrogens (tertiary/aromatic N) is 2. The topological polar surface area (TPSA) is 52.7 Å². The molecule has 0 spiro atoms. The lowest BCUT2D eigenvalue weighted by atomic mass is 10.1. The van der Waals surface area contributed by atoms with Crippen LogP contribution in [0.25, 0.3) is 0 Å². The summed E-state index contributed by atoms with van der Waals surface area (Å²) in [4.78, 5) is 30.0. The van der Waals surface area contributed by atoms with Gasteiger partial charge in [0.15, 0.2) is 0 Å². The number of carbonyl (C=O) groups excluding carboxylic acids is 2. The Morgan fingerprint density at radius 1 is 1.03 bits per heavy atom. The maximum atomic E-state index is 13.1. The fourth-order valence-electron chi connectivity index (χ4n) is 3.42. The van der Waals surface area contributed by atoms with E-state index in [4.69, 9.17) is 11.6 Å². The Kier molecular flexibility index (Phi) is 7.83. The molecule has 1 heterocycles. The molecule has 2 amide bonds. The number of carbonyl (C=O) groups is 2. The van der Waals surface area contributed by atoms with Crippen molar-refractivity contribution in [3.63, 3.8) is 0 Å². The summed E-state index contributed by atoms with van der Waals surface area (Å²) in [6, 6.07) is 16.6. The van der Waals surface area contributed by atoms with Crippen LogP contribution in [0.3, 0.4) is 0 Å². The monoisotopic (exact) mass is 431 g/mol. The van der Waals surface area contributed by atoms with Gasteiger partial charge in [0.05, 0.1) is 10.6 Å². The highest BCUT2D eigenvalue weighted by molar-refractivity contribution is 7.98. The van der Waals surface area contributed by atoms with Crippen molar-refractivity contribution < 1.29 is 9.59 Å². The van der Waals surface area contributed by atoms with Gasteiger partial charge in [-0.25, -0.2) is 0 Å². The van der Waals surface area contributed by atoms with Crippen LogP contribution in [-0.4, -0.2) is 60.9 Å². The molecule has 1 N–H and O–H groups in total. The molecule has 2 aromatic rings. The van der Waals surface area contributed by atoms with Gasteiger partial charge in [-0.05, 0) is 42.7 Å². The fourth-order valence-corrected chi connectivity index (χ4v) is 4.11. The Balaban J connectivity index is 1.63. The maximum Gasteiger partial charge on any atom is 0.253 e. The number of benzene rings is 2. The lowest BCUT2D eigenvalue weighted by Crippen LogP contribution is -2.55. The number of rotatable bonds is 7. The smallest absolute Gasteiger partial charge is 0.253 e. The van der Waals surface area contributed by atoms with Crippen LogP contribution in [-0.2, 0) is 4.79 Å². The standard InChI is InChI=1S/C22H26ClN3O2S/c1-29-16-11-20(24-21(27)18-9-5-6-10-19(18)23)22(28)26-14-12-25(13-15-26)17-7-3-2-4-8-17/h2-10,20H,11-16H2,1H3,(H,24,27). The van der Waals surface area contributed by atoms with Crippen LogP contribution in [0.1, 0.15) is 16.8 Å². The Labute approximate surface area is 181 Å². The van der Waals surface area contributed by atoms with E-state index in [2.05, 4.69) is 22.3 Å². The van der Waals surface area contributed by atoms with Gasteiger partial charge in [-0.2, -0.15) is 11.8 Å². The molecule has 2 aromatic carbocycles. The summed E-state index contributed by atoms with van der Waals surface area (Å²) in [5, 5.41) is 3.29. The number of anilines is 1. The number of piperazine rings is 1. The lowest BCUT2D eigenvalue weighted by molar-refractivity contribution is -0.133. The molecule has 1 aliphatic rings. The largest absolute Gasteiger partial charge is 0.368 e. The van der Waals surface area contributed by atoms with Gasteiger partial charge in [0.25, 0.3) is 5.91 Å². The Bertz CT molecular complexity index is 826. The van der Waals surface area contributed by atoms with Crippen LogP contribution < -0.4 is 10.2 Å². The van der Waals surface area contributed by atoms with Crippen molar-refractivity contribution in [1.82, 2.24) is 10.2 Å². The summed E-state index contributed by atoms with van der Waals surface area (Å²) in [5.74, 6) is 0.466. The zero-order chi connectivity index (χ0) is 20.6. The maximum absolute atomic E-state index is 13.1. The number of hydrogen-bond donors (Lipinski definition) is 1. The normalized spacial score (nSPS) is 15.1. The molecule has 1 saturated heterocycles. The molecule has 0 aliphatic carbocycles. The second-order valence-electron chi connectivity index (χ2n) is 6.94. The van der Waals surface area contributed by atoms with Crippen LogP contribution >= 0.6 is 23.4 Å². The number of hydrogen-bond acceptors (Lipinski definition) is 4. The van der Waals surface area contributed by atoms with Gasteiger partial charge in [0, 0.05) is 31.9 Å². The molecule has 1 atom stereocenters. The highest BCUT2D eigenvalue weighted by atomic mass is 35.5. The predicted octanol–water partition coefficient (Wildman–Crippen LogP) is 3.54. The van der Waals surface area contributed by atoms with E-state index in [9.17, 15) is 9.59 Å². The predicted molar refractivity (Wildman–Crippen MR) is 121 cm³/mol. The third-order valence-corrected chi connectivity index (χ3v) is 6.02. The summed E-state index contributed by atoms with van der Waals surface area (Å²) >= 11 is 7.81. The van der Waals surface area contributed by atoms with Crippen molar-refractivity contribution in [3.8, 4) is 0 Å². The van der Waals surface area contributed by atoms with E-state index < -0.39 is 6.04 Å². The van der Waals surface area contributed by atoms with E-state index in [0.717, 1.165) is 18.8 Å². The fraction of sp³-hybridized carbons (Fsp3) is 0.364. The van der Waals surface area contributed by atoms with Crippen molar-refractivity contribution in [1.29, 1.82) is 0 Å². The Morgan fingerprint density at radius 2 is 1.69 bits per heavy atom. The van der Waals surface area contributed by atoms with E-state index in [0.29, 0.717) is 30.1 Å². The molecule has 1 fully saturated rings. The summed E-state index contributed by atoms with van der Waals surface area (Å²) in [7, 11) is 0. The number of thioether (sulfide) groups is 1. The highest BCUT2D eigenvalue weighted by Gasteiger charge is 2.29. The number of amides is 2. The first kappa shape index (κ1) is 21.5. The van der Waals surface area contributed by atoms with Crippen LogP contribution in [0.4, 0.5) is 5.69 Å². The van der Waals surface area contributed by atoms with Gasteiger partial charge in [0.2, 0.25) is 5.91 Å². The average molecular weight is 432 g/mol. The third kappa shape index (κ3) is 5.67. The average Bonchev–Trinajstić information content (AvgIpc) is 2.77. The molecule has 0 aromatic heterocycles. The van der Waals surface area contributed by atoms with Crippen LogP contribution in [0.2, 0.25) is 5.02 Å². The summed E-state index contributed by atoms with van der Waals surface area (Å²) < 4.78 is 0. The first-order chi connectivity index (χ1) is 14.1. The minimum atomic E-state index is -0.547. The van der Waals surface area contributed by atoms with Crippen molar-refractivity contribution in [3.05, 3.63) is 65.2 Å². The molecular formula is C22H26ClN3O2S. The quantitative estimate of drug-likeness (QED) is 0.728. The first-order valence-corrected chi connectivity index (χ1v) is 11.5. The lowest BCUT2D eigenvalue weighted by Gasteiger charge is -2.37. The van der Waals surface area contributed by atoms with E-state index in [1.165, 1.54) is 5.69 Å². The molecule has 7 heteroatoms. The second kappa shape index (κ2) is 10.6. The summed E-state index contributed by atoms with van der Waals surface area (Å²) in [5.41, 5.74) is 1.57. The molecule has 5 nitrogen and oxygen atoms in total. The Morgan fingerprint density at radius 3 is 2.34 bits per heavy atom. The third-order valence-electron chi connectivity index (χ3n) is 5.05. The van der Waals surface area contributed by atoms with Crippen molar-refractivity contribution in [2.24, 2.45) is 0 Å². The highest BCUT2D eigenvalue weighted by Crippen LogP contribution is 2.18. The molecule has 0 radical (unpaired) electrons. The van der Waals surface area contributed by atoms with Gasteiger partial charge in [-0.1, -0.05) is 41.9 Å². The molecule has 0 saturated carbocycles. The molecule has 3 rings (SSSR count). The van der Waals surface area contributed by atoms with Crippen molar-refractivity contribution in [2.75, 3.05) is 43.1 Å². The zero-order valence-corrected chi connectivity index (χ0v) is 18.1. The van der Waals surface area contributed by atoms with Gasteiger partial charge in [-0.3, -0.25) is 9.59 Å². The molecule has 1 aliphatic heterocycles. The minimum absolute atomic E-state index is 0.0211. The van der Waals surface area contributed by atoms with Gasteiger partial charge in [0.1, 0.15) is 6.04 Å². The molecule has 0 bridgehead atoms. The van der Waals surface area contributed by atoms with Crippen LogP contribution in [0.15, 0.2) is 54.6 Å². The number of para-hydroxylation sites is 1. The van der Waals surface area contributed by atoms with Crippen molar-refractivity contribution >= 4 is 40.9 Å². The Hall–Kier alpha value is -2.18. The first-order valence-electron chi connectivity index (χ1n) is 9.73. The second-order valence-corrected chi connectivity index (χ2v) is 8.33. The molecular weight excluding hydrogens is 406 g/mol. The summed E-state index contributed by atoms with van der Waals surface area (Å²) in [6.45, 7) is 2.85. The van der Waals surface area contributed by atoms with Crippen LogP contribution in [0.5, 0.6) is 0 Å². The number of halogens is 1. The number of nitrogens with one attached hydrogen (secondary N) is 1.